The SMILES string of the molecule is c1cnc2[nH]cc(Cc3ccc(CCCN4CCOCC4)nc3)c2c1. The molecule has 1 aliphatic rings. The van der Waals surface area contributed by atoms with E-state index in [4.69, 9.17) is 4.74 Å². The summed E-state index contributed by atoms with van der Waals surface area (Å²) < 4.78 is 5.39. The van der Waals surface area contributed by atoms with Crippen LogP contribution in [0.2, 0.25) is 0 Å². The van der Waals surface area contributed by atoms with E-state index in [0.29, 0.717) is 0 Å². The second-order valence-corrected chi connectivity index (χ2v) is 6.61. The van der Waals surface area contributed by atoms with Gasteiger partial charge in [-0.2, -0.15) is 0 Å². The molecule has 0 amide bonds. The van der Waals surface area contributed by atoms with Crippen LogP contribution in [0.15, 0.2) is 42.9 Å². The molecule has 1 N–H and O–H groups in total. The average molecular weight is 336 g/mol. The number of pyridine rings is 2. The van der Waals surface area contributed by atoms with Crippen LogP contribution in [-0.4, -0.2) is 52.7 Å². The second-order valence-electron chi connectivity index (χ2n) is 6.61. The molecule has 0 spiro atoms. The molecular formula is C20H24N4O. The monoisotopic (exact) mass is 336 g/mol. The van der Waals surface area contributed by atoms with Gasteiger partial charge in [0.05, 0.1) is 13.2 Å². The van der Waals surface area contributed by atoms with Crippen molar-refractivity contribution in [3.8, 4) is 0 Å². The van der Waals surface area contributed by atoms with Crippen molar-refractivity contribution >= 4 is 11.0 Å². The van der Waals surface area contributed by atoms with Crippen molar-refractivity contribution in [3.05, 3.63) is 59.7 Å². The summed E-state index contributed by atoms with van der Waals surface area (Å²) in [5, 5.41) is 1.19. The Bertz CT molecular complexity index is 806. The number of nitrogens with one attached hydrogen (secondary N) is 1. The average Bonchev–Trinajstić information content (AvgIpc) is 3.07. The van der Waals surface area contributed by atoms with Crippen molar-refractivity contribution in [1.82, 2.24) is 19.9 Å². The number of ether oxygens (including phenoxy) is 1. The quantitative estimate of drug-likeness (QED) is 0.752. The Morgan fingerprint density at radius 1 is 1.12 bits per heavy atom. The van der Waals surface area contributed by atoms with Crippen molar-refractivity contribution in [1.29, 1.82) is 0 Å². The summed E-state index contributed by atoms with van der Waals surface area (Å²) in [4.78, 5) is 14.7. The number of aromatic amines is 1. The minimum atomic E-state index is 0.871. The number of fused-ring (bicyclic) bond motifs is 1. The standard InChI is InChI=1S/C20H24N4O/c1-4-19-17(15-23-20(19)21-7-1)13-16-5-6-18(22-14-16)3-2-8-24-9-11-25-12-10-24/h1,4-7,14-15H,2-3,8-13H2,(H,21,23). The highest BCUT2D eigenvalue weighted by atomic mass is 16.5. The van der Waals surface area contributed by atoms with Crippen LogP contribution < -0.4 is 0 Å². The Morgan fingerprint density at radius 3 is 2.88 bits per heavy atom. The van der Waals surface area contributed by atoms with Crippen LogP contribution in [-0.2, 0) is 17.6 Å². The predicted molar refractivity (Wildman–Crippen MR) is 98.7 cm³/mol. The fraction of sp³-hybridized carbons (Fsp3) is 0.400. The Labute approximate surface area is 148 Å². The van der Waals surface area contributed by atoms with Gasteiger partial charge in [0, 0.05) is 49.2 Å². The first-order valence-corrected chi connectivity index (χ1v) is 9.03. The second kappa shape index (κ2) is 7.76. The van der Waals surface area contributed by atoms with Crippen molar-refractivity contribution in [2.75, 3.05) is 32.8 Å². The largest absolute Gasteiger partial charge is 0.379 e. The number of morpholine rings is 1. The molecule has 1 aliphatic heterocycles. The molecule has 3 aromatic rings. The van der Waals surface area contributed by atoms with Gasteiger partial charge in [-0.05, 0) is 48.7 Å². The molecule has 0 unspecified atom stereocenters. The summed E-state index contributed by atoms with van der Waals surface area (Å²) >= 11 is 0. The van der Waals surface area contributed by atoms with Crippen molar-refractivity contribution in [2.24, 2.45) is 0 Å². The van der Waals surface area contributed by atoms with Crippen LogP contribution in [0.25, 0.3) is 11.0 Å². The highest BCUT2D eigenvalue weighted by Gasteiger charge is 2.10. The Hall–Kier alpha value is -2.24. The lowest BCUT2D eigenvalue weighted by Gasteiger charge is -2.26. The number of rotatable bonds is 6. The molecule has 0 aromatic carbocycles. The minimum absolute atomic E-state index is 0.871. The van der Waals surface area contributed by atoms with Gasteiger partial charge in [0.25, 0.3) is 0 Å². The zero-order chi connectivity index (χ0) is 16.9. The molecule has 3 aromatic heterocycles. The van der Waals surface area contributed by atoms with E-state index < -0.39 is 0 Å². The van der Waals surface area contributed by atoms with Gasteiger partial charge in [0.1, 0.15) is 5.65 Å². The summed E-state index contributed by atoms with van der Waals surface area (Å²) in [7, 11) is 0. The topological polar surface area (TPSA) is 54.0 Å². The number of aryl methyl sites for hydroxylation is 1. The lowest BCUT2D eigenvalue weighted by Crippen LogP contribution is -2.36. The van der Waals surface area contributed by atoms with Crippen LogP contribution in [0.4, 0.5) is 0 Å². The van der Waals surface area contributed by atoms with E-state index in [9.17, 15) is 0 Å². The third-order valence-corrected chi connectivity index (χ3v) is 4.83. The molecule has 0 bridgehead atoms. The molecular weight excluding hydrogens is 312 g/mol. The molecule has 0 atom stereocenters. The van der Waals surface area contributed by atoms with Gasteiger partial charge in [-0.25, -0.2) is 4.98 Å². The maximum Gasteiger partial charge on any atom is 0.137 e. The van der Waals surface area contributed by atoms with E-state index in [1.54, 1.807) is 0 Å². The number of hydrogen-bond acceptors (Lipinski definition) is 4. The fourth-order valence-electron chi connectivity index (χ4n) is 3.39. The van der Waals surface area contributed by atoms with Gasteiger partial charge in [-0.3, -0.25) is 9.88 Å². The van der Waals surface area contributed by atoms with Crippen molar-refractivity contribution in [3.63, 3.8) is 0 Å². The summed E-state index contributed by atoms with van der Waals surface area (Å²) in [5.74, 6) is 0. The van der Waals surface area contributed by atoms with Crippen LogP contribution >= 0.6 is 0 Å². The molecule has 0 radical (unpaired) electrons. The number of nitrogens with zero attached hydrogens (tertiary/aromatic N) is 3. The minimum Gasteiger partial charge on any atom is -0.379 e. The van der Waals surface area contributed by atoms with Crippen LogP contribution in [0, 0.1) is 0 Å². The molecule has 0 saturated carbocycles. The Balaban J connectivity index is 1.32. The molecule has 1 saturated heterocycles. The smallest absolute Gasteiger partial charge is 0.137 e. The molecule has 130 valence electrons. The fourth-order valence-corrected chi connectivity index (χ4v) is 3.39. The van der Waals surface area contributed by atoms with E-state index in [2.05, 4.69) is 38.1 Å². The number of H-pyrrole nitrogens is 1. The number of hydrogen-bond donors (Lipinski definition) is 1. The first-order chi connectivity index (χ1) is 12.4. The van der Waals surface area contributed by atoms with Gasteiger partial charge < -0.3 is 9.72 Å². The molecule has 5 heteroatoms. The third kappa shape index (κ3) is 4.06. The third-order valence-electron chi connectivity index (χ3n) is 4.83. The van der Waals surface area contributed by atoms with Crippen LogP contribution in [0.3, 0.4) is 0 Å². The van der Waals surface area contributed by atoms with E-state index in [1.807, 2.05) is 24.7 Å². The summed E-state index contributed by atoms with van der Waals surface area (Å²) in [6.45, 7) is 5.00. The molecule has 0 aliphatic carbocycles. The highest BCUT2D eigenvalue weighted by Crippen LogP contribution is 2.19. The molecule has 25 heavy (non-hydrogen) atoms. The van der Waals surface area contributed by atoms with Crippen molar-refractivity contribution in [2.45, 2.75) is 19.3 Å². The van der Waals surface area contributed by atoms with E-state index in [0.717, 1.165) is 57.8 Å². The molecule has 1 fully saturated rings. The summed E-state index contributed by atoms with van der Waals surface area (Å²) in [6, 6.07) is 8.46. The molecule has 4 rings (SSSR count). The van der Waals surface area contributed by atoms with Gasteiger partial charge >= 0.3 is 0 Å². The molecule has 4 heterocycles. The van der Waals surface area contributed by atoms with E-state index in [1.165, 1.54) is 22.2 Å². The maximum absolute atomic E-state index is 5.39. The van der Waals surface area contributed by atoms with E-state index in [-0.39, 0.29) is 0 Å². The van der Waals surface area contributed by atoms with Gasteiger partial charge in [0.15, 0.2) is 0 Å². The van der Waals surface area contributed by atoms with Gasteiger partial charge in [-0.1, -0.05) is 6.07 Å². The highest BCUT2D eigenvalue weighted by molar-refractivity contribution is 5.79. The van der Waals surface area contributed by atoms with Crippen LogP contribution in [0.1, 0.15) is 23.2 Å². The lowest BCUT2D eigenvalue weighted by atomic mass is 10.1. The zero-order valence-electron chi connectivity index (χ0n) is 14.4. The van der Waals surface area contributed by atoms with Crippen LogP contribution in [0.5, 0.6) is 0 Å². The Morgan fingerprint density at radius 2 is 2.04 bits per heavy atom. The predicted octanol–water partition coefficient (Wildman–Crippen LogP) is 2.81. The van der Waals surface area contributed by atoms with Gasteiger partial charge in [-0.15, -0.1) is 0 Å². The zero-order valence-corrected chi connectivity index (χ0v) is 14.4. The lowest BCUT2D eigenvalue weighted by molar-refractivity contribution is 0.0374. The first kappa shape index (κ1) is 16.2. The van der Waals surface area contributed by atoms with Crippen molar-refractivity contribution < 1.29 is 4.74 Å². The first-order valence-electron chi connectivity index (χ1n) is 9.03. The summed E-state index contributed by atoms with van der Waals surface area (Å²) in [5.41, 5.74) is 4.63. The van der Waals surface area contributed by atoms with Gasteiger partial charge in [0.2, 0.25) is 0 Å². The normalized spacial score (nSPS) is 15.7. The maximum atomic E-state index is 5.39. The Kier molecular flexibility index (Phi) is 5.04. The van der Waals surface area contributed by atoms with E-state index >= 15 is 0 Å². The number of aromatic nitrogens is 3. The summed E-state index contributed by atoms with van der Waals surface area (Å²) in [6.07, 6.45) is 8.95. The molecule has 5 nitrogen and oxygen atoms in total.